The number of Topliss-reactive ketones (excluding diaryl/α,β-unsaturated/α-hetero) is 1. The van der Waals surface area contributed by atoms with Gasteiger partial charge in [0.1, 0.15) is 11.5 Å². The molecule has 0 saturated heterocycles. The van der Waals surface area contributed by atoms with E-state index in [0.29, 0.717) is 22.8 Å². The van der Waals surface area contributed by atoms with Gasteiger partial charge in [-0.2, -0.15) is 5.10 Å². The molecule has 31 heavy (non-hydrogen) atoms. The lowest BCUT2D eigenvalue weighted by Gasteiger charge is -2.37. The number of carbonyl (C=O) groups excluding carboxylic acids is 1. The fraction of sp³-hybridized carbons (Fsp3) is 0.167. The Morgan fingerprint density at radius 2 is 1.87 bits per heavy atom. The van der Waals surface area contributed by atoms with Gasteiger partial charge in [-0.15, -0.1) is 0 Å². The Balaban J connectivity index is 1.55. The van der Waals surface area contributed by atoms with E-state index in [1.54, 1.807) is 36.4 Å². The first-order valence-electron chi connectivity index (χ1n) is 9.79. The first kappa shape index (κ1) is 20.1. The molecule has 0 unspecified atom stereocenters. The third-order valence-corrected chi connectivity index (χ3v) is 6.27. The van der Waals surface area contributed by atoms with Crippen LogP contribution in [0.4, 0.5) is 0 Å². The van der Waals surface area contributed by atoms with Crippen molar-refractivity contribution in [3.8, 4) is 11.5 Å². The van der Waals surface area contributed by atoms with Gasteiger partial charge in [0, 0.05) is 27.0 Å². The summed E-state index contributed by atoms with van der Waals surface area (Å²) in [6.45, 7) is 0. The SMILES string of the molecule is COc1ccc(C2=NN3[C@H](C(=O)c4ccc(Cl)cc4)Oc4ccc(Br)cc4[C@@H]3C2)cc1. The highest BCUT2D eigenvalue weighted by molar-refractivity contribution is 9.10. The Labute approximate surface area is 193 Å². The van der Waals surface area contributed by atoms with Gasteiger partial charge in [0.2, 0.25) is 5.78 Å². The number of hydrogen-bond acceptors (Lipinski definition) is 5. The second-order valence-corrected chi connectivity index (χ2v) is 8.75. The summed E-state index contributed by atoms with van der Waals surface area (Å²) in [7, 11) is 1.64. The highest BCUT2D eigenvalue weighted by atomic mass is 79.9. The zero-order chi connectivity index (χ0) is 21.5. The Bertz CT molecular complexity index is 1180. The molecular weight excluding hydrogens is 480 g/mol. The third kappa shape index (κ3) is 3.70. The van der Waals surface area contributed by atoms with E-state index >= 15 is 0 Å². The van der Waals surface area contributed by atoms with Gasteiger partial charge in [-0.05, 0) is 72.3 Å². The number of ether oxygens (including phenoxy) is 2. The van der Waals surface area contributed by atoms with Crippen LogP contribution in [-0.4, -0.2) is 29.8 Å². The van der Waals surface area contributed by atoms with E-state index < -0.39 is 6.23 Å². The fourth-order valence-corrected chi connectivity index (χ4v) is 4.45. The number of rotatable bonds is 4. The van der Waals surface area contributed by atoms with Crippen molar-refractivity contribution < 1.29 is 14.3 Å². The first-order valence-corrected chi connectivity index (χ1v) is 11.0. The van der Waals surface area contributed by atoms with Crippen LogP contribution in [0.25, 0.3) is 0 Å². The molecule has 3 aromatic rings. The van der Waals surface area contributed by atoms with Crippen LogP contribution in [0, 0.1) is 0 Å². The Kier molecular flexibility index (Phi) is 5.20. The second kappa shape index (κ2) is 8.02. The molecule has 0 aliphatic carbocycles. The average molecular weight is 498 g/mol. The van der Waals surface area contributed by atoms with Gasteiger partial charge in [0.15, 0.2) is 0 Å². The second-order valence-electron chi connectivity index (χ2n) is 7.40. The maximum absolute atomic E-state index is 13.4. The van der Waals surface area contributed by atoms with Crippen molar-refractivity contribution in [3.63, 3.8) is 0 Å². The number of nitrogens with zero attached hydrogens (tertiary/aromatic N) is 2. The van der Waals surface area contributed by atoms with Crippen LogP contribution < -0.4 is 9.47 Å². The summed E-state index contributed by atoms with van der Waals surface area (Å²) in [5, 5.41) is 7.19. The summed E-state index contributed by atoms with van der Waals surface area (Å²) in [6.07, 6.45) is -0.181. The minimum Gasteiger partial charge on any atom is -0.497 e. The highest BCUT2D eigenvalue weighted by Gasteiger charge is 2.43. The summed E-state index contributed by atoms with van der Waals surface area (Å²) in [6, 6.07) is 20.4. The van der Waals surface area contributed by atoms with Gasteiger partial charge < -0.3 is 9.47 Å². The van der Waals surface area contributed by atoms with E-state index in [1.165, 1.54) is 0 Å². The largest absolute Gasteiger partial charge is 0.497 e. The molecule has 7 heteroatoms. The smallest absolute Gasteiger partial charge is 0.251 e. The zero-order valence-corrected chi connectivity index (χ0v) is 18.9. The van der Waals surface area contributed by atoms with Crippen LogP contribution in [0.1, 0.15) is 33.9 Å². The molecule has 0 bridgehead atoms. The van der Waals surface area contributed by atoms with Crippen molar-refractivity contribution >= 4 is 39.0 Å². The molecule has 2 heterocycles. The maximum Gasteiger partial charge on any atom is 0.251 e. The quantitative estimate of drug-likeness (QED) is 0.424. The first-order chi connectivity index (χ1) is 15.0. The molecule has 2 aliphatic heterocycles. The Morgan fingerprint density at radius 1 is 1.13 bits per heavy atom. The topological polar surface area (TPSA) is 51.1 Å². The molecule has 0 saturated carbocycles. The predicted molar refractivity (Wildman–Crippen MR) is 123 cm³/mol. The number of fused-ring (bicyclic) bond motifs is 3. The minimum absolute atomic E-state index is 0.0976. The van der Waals surface area contributed by atoms with Crippen LogP contribution in [-0.2, 0) is 0 Å². The van der Waals surface area contributed by atoms with Crippen molar-refractivity contribution in [2.24, 2.45) is 5.10 Å². The van der Waals surface area contributed by atoms with Gasteiger partial charge in [-0.25, -0.2) is 5.01 Å². The van der Waals surface area contributed by atoms with E-state index in [9.17, 15) is 4.79 Å². The van der Waals surface area contributed by atoms with Crippen LogP contribution in [0.3, 0.4) is 0 Å². The summed E-state index contributed by atoms with van der Waals surface area (Å²) in [5.41, 5.74) is 3.42. The number of hydrazone groups is 1. The molecule has 0 amide bonds. The Hall–Kier alpha value is -2.83. The lowest BCUT2D eigenvalue weighted by Crippen LogP contribution is -2.45. The lowest BCUT2D eigenvalue weighted by molar-refractivity contribution is -0.00459. The number of methoxy groups -OCH3 is 1. The number of ketones is 1. The van der Waals surface area contributed by atoms with Gasteiger partial charge in [-0.3, -0.25) is 4.79 Å². The maximum atomic E-state index is 13.4. The molecule has 5 rings (SSSR count). The van der Waals surface area contributed by atoms with Crippen molar-refractivity contribution in [3.05, 3.63) is 92.9 Å². The zero-order valence-electron chi connectivity index (χ0n) is 16.6. The molecule has 2 atom stereocenters. The molecule has 0 radical (unpaired) electrons. The molecule has 156 valence electrons. The predicted octanol–water partition coefficient (Wildman–Crippen LogP) is 5.86. The average Bonchev–Trinajstić information content (AvgIpc) is 3.24. The van der Waals surface area contributed by atoms with Crippen LogP contribution in [0.2, 0.25) is 5.02 Å². The van der Waals surface area contributed by atoms with Crippen molar-refractivity contribution in [1.82, 2.24) is 5.01 Å². The number of halogens is 2. The van der Waals surface area contributed by atoms with Crippen molar-refractivity contribution in [1.29, 1.82) is 0 Å². The van der Waals surface area contributed by atoms with E-state index in [4.69, 9.17) is 26.2 Å². The van der Waals surface area contributed by atoms with E-state index in [0.717, 1.165) is 27.1 Å². The molecule has 5 nitrogen and oxygen atoms in total. The van der Waals surface area contributed by atoms with Crippen molar-refractivity contribution in [2.45, 2.75) is 18.7 Å². The number of benzene rings is 3. The van der Waals surface area contributed by atoms with Crippen LogP contribution >= 0.6 is 27.5 Å². The van der Waals surface area contributed by atoms with Gasteiger partial charge in [-0.1, -0.05) is 27.5 Å². The molecule has 0 aromatic heterocycles. The molecule has 0 N–H and O–H groups in total. The van der Waals surface area contributed by atoms with Gasteiger partial charge >= 0.3 is 0 Å². The lowest BCUT2D eigenvalue weighted by atomic mass is 9.95. The fourth-order valence-electron chi connectivity index (χ4n) is 3.95. The van der Waals surface area contributed by atoms with Crippen molar-refractivity contribution in [2.75, 3.05) is 7.11 Å². The summed E-state index contributed by atoms with van der Waals surface area (Å²) in [5.74, 6) is 1.33. The standard InChI is InChI=1S/C24H18BrClN2O3/c1-30-18-9-4-14(5-10-18)20-13-21-19-12-16(25)6-11-22(19)31-24(28(21)27-20)23(29)15-2-7-17(26)8-3-15/h2-12,21,24H,13H2,1H3/t21-,24-/m0/s1. The van der Waals surface area contributed by atoms with Gasteiger partial charge in [0.05, 0.1) is 18.9 Å². The molecule has 3 aromatic carbocycles. The number of hydrogen-bond donors (Lipinski definition) is 0. The number of carbonyl (C=O) groups is 1. The van der Waals surface area contributed by atoms with E-state index in [2.05, 4.69) is 15.9 Å². The molecule has 2 aliphatic rings. The van der Waals surface area contributed by atoms with Crippen LogP contribution in [0.15, 0.2) is 76.3 Å². The normalized spacial score (nSPS) is 19.2. The molecular formula is C24H18BrClN2O3. The summed E-state index contributed by atoms with van der Waals surface area (Å²) in [4.78, 5) is 13.4. The highest BCUT2D eigenvalue weighted by Crippen LogP contribution is 2.44. The molecule has 0 spiro atoms. The monoisotopic (exact) mass is 496 g/mol. The third-order valence-electron chi connectivity index (χ3n) is 5.53. The van der Waals surface area contributed by atoms with Crippen LogP contribution in [0.5, 0.6) is 11.5 Å². The molecule has 0 fully saturated rings. The minimum atomic E-state index is -0.851. The van der Waals surface area contributed by atoms with E-state index in [-0.39, 0.29) is 11.8 Å². The Morgan fingerprint density at radius 3 is 2.58 bits per heavy atom. The summed E-state index contributed by atoms with van der Waals surface area (Å²) < 4.78 is 12.4. The van der Waals surface area contributed by atoms with E-state index in [1.807, 2.05) is 42.5 Å². The van der Waals surface area contributed by atoms with Gasteiger partial charge in [0.25, 0.3) is 6.23 Å². The summed E-state index contributed by atoms with van der Waals surface area (Å²) >= 11 is 9.54.